The van der Waals surface area contributed by atoms with Crippen molar-refractivity contribution in [2.75, 3.05) is 19.6 Å². The SMILES string of the molecule is NC1CCCN(CC(=O)NC2CC2)C1. The van der Waals surface area contributed by atoms with Crippen LogP contribution < -0.4 is 11.1 Å². The predicted octanol–water partition coefficient (Wildman–Crippen LogP) is -0.312. The van der Waals surface area contributed by atoms with E-state index < -0.39 is 0 Å². The Bertz CT molecular complexity index is 215. The van der Waals surface area contributed by atoms with Gasteiger partial charge in [0.1, 0.15) is 0 Å². The van der Waals surface area contributed by atoms with Crippen LogP contribution in [0.1, 0.15) is 25.7 Å². The number of amides is 1. The van der Waals surface area contributed by atoms with Crippen molar-refractivity contribution in [1.29, 1.82) is 0 Å². The summed E-state index contributed by atoms with van der Waals surface area (Å²) in [5, 5.41) is 2.99. The van der Waals surface area contributed by atoms with Gasteiger partial charge in [-0.05, 0) is 32.2 Å². The van der Waals surface area contributed by atoms with Crippen molar-refractivity contribution < 1.29 is 4.79 Å². The van der Waals surface area contributed by atoms with E-state index in [9.17, 15) is 4.79 Å². The van der Waals surface area contributed by atoms with E-state index in [2.05, 4.69) is 10.2 Å². The average Bonchev–Trinajstić information content (AvgIpc) is 2.87. The maximum atomic E-state index is 11.5. The standard InChI is InChI=1S/C10H19N3O/c11-8-2-1-5-13(6-8)7-10(14)12-9-3-4-9/h8-9H,1-7,11H2,(H,12,14). The van der Waals surface area contributed by atoms with Crippen LogP contribution in [0, 0.1) is 0 Å². The van der Waals surface area contributed by atoms with E-state index in [4.69, 9.17) is 5.73 Å². The summed E-state index contributed by atoms with van der Waals surface area (Å²) in [5.41, 5.74) is 5.84. The van der Waals surface area contributed by atoms with Gasteiger partial charge in [0.05, 0.1) is 6.54 Å². The van der Waals surface area contributed by atoms with Gasteiger partial charge >= 0.3 is 0 Å². The van der Waals surface area contributed by atoms with Gasteiger partial charge in [0.2, 0.25) is 5.91 Å². The van der Waals surface area contributed by atoms with Crippen LogP contribution in [-0.4, -0.2) is 42.5 Å². The minimum absolute atomic E-state index is 0.168. The highest BCUT2D eigenvalue weighted by atomic mass is 16.2. The summed E-state index contributed by atoms with van der Waals surface area (Å²) < 4.78 is 0. The summed E-state index contributed by atoms with van der Waals surface area (Å²) in [6, 6.07) is 0.735. The Morgan fingerprint density at radius 1 is 1.43 bits per heavy atom. The molecule has 2 fully saturated rings. The molecule has 4 heteroatoms. The number of nitrogens with zero attached hydrogens (tertiary/aromatic N) is 1. The first-order valence-corrected chi connectivity index (χ1v) is 5.51. The van der Waals surface area contributed by atoms with Crippen molar-refractivity contribution in [3.8, 4) is 0 Å². The topological polar surface area (TPSA) is 58.4 Å². The first kappa shape index (κ1) is 9.93. The molecule has 0 radical (unpaired) electrons. The van der Waals surface area contributed by atoms with E-state index in [1.54, 1.807) is 0 Å². The molecule has 1 heterocycles. The Labute approximate surface area is 84.8 Å². The van der Waals surface area contributed by atoms with E-state index in [1.807, 2.05) is 0 Å². The molecule has 0 aromatic heterocycles. The van der Waals surface area contributed by atoms with E-state index in [0.717, 1.165) is 38.8 Å². The van der Waals surface area contributed by atoms with Crippen LogP contribution in [0.25, 0.3) is 0 Å². The molecule has 2 aliphatic rings. The number of nitrogens with one attached hydrogen (secondary N) is 1. The molecule has 1 aliphatic heterocycles. The van der Waals surface area contributed by atoms with E-state index in [-0.39, 0.29) is 11.9 Å². The molecule has 4 nitrogen and oxygen atoms in total. The van der Waals surface area contributed by atoms with E-state index >= 15 is 0 Å². The van der Waals surface area contributed by atoms with Crippen molar-refractivity contribution >= 4 is 5.91 Å². The van der Waals surface area contributed by atoms with E-state index in [0.29, 0.717) is 12.6 Å². The smallest absolute Gasteiger partial charge is 0.234 e. The van der Waals surface area contributed by atoms with Gasteiger partial charge in [-0.1, -0.05) is 0 Å². The highest BCUT2D eigenvalue weighted by Gasteiger charge is 2.25. The second-order valence-corrected chi connectivity index (χ2v) is 4.48. The molecule has 1 aliphatic carbocycles. The molecule has 2 rings (SSSR count). The lowest BCUT2D eigenvalue weighted by Gasteiger charge is -2.29. The fourth-order valence-electron chi connectivity index (χ4n) is 1.94. The highest BCUT2D eigenvalue weighted by Crippen LogP contribution is 2.18. The summed E-state index contributed by atoms with van der Waals surface area (Å²) in [7, 11) is 0. The predicted molar refractivity (Wildman–Crippen MR) is 54.8 cm³/mol. The first-order chi connectivity index (χ1) is 6.74. The van der Waals surface area contributed by atoms with Gasteiger partial charge in [-0.15, -0.1) is 0 Å². The Hall–Kier alpha value is -0.610. The molecule has 0 spiro atoms. The van der Waals surface area contributed by atoms with Gasteiger partial charge in [-0.3, -0.25) is 9.69 Å². The zero-order chi connectivity index (χ0) is 9.97. The molecular formula is C10H19N3O. The zero-order valence-electron chi connectivity index (χ0n) is 8.54. The fraction of sp³-hybridized carbons (Fsp3) is 0.900. The van der Waals surface area contributed by atoms with Crippen LogP contribution in [0.4, 0.5) is 0 Å². The van der Waals surface area contributed by atoms with E-state index in [1.165, 1.54) is 0 Å². The van der Waals surface area contributed by atoms with Crippen molar-refractivity contribution in [1.82, 2.24) is 10.2 Å². The monoisotopic (exact) mass is 197 g/mol. The molecule has 14 heavy (non-hydrogen) atoms. The summed E-state index contributed by atoms with van der Waals surface area (Å²) in [6.45, 7) is 2.42. The molecule has 0 bridgehead atoms. The maximum Gasteiger partial charge on any atom is 0.234 e. The number of piperidine rings is 1. The largest absolute Gasteiger partial charge is 0.352 e. The number of hydrogen-bond acceptors (Lipinski definition) is 3. The molecular weight excluding hydrogens is 178 g/mol. The van der Waals surface area contributed by atoms with Crippen molar-refractivity contribution in [3.05, 3.63) is 0 Å². The van der Waals surface area contributed by atoms with Gasteiger partial charge in [0.15, 0.2) is 0 Å². The molecule has 0 aromatic carbocycles. The zero-order valence-corrected chi connectivity index (χ0v) is 8.54. The number of hydrogen-bond donors (Lipinski definition) is 2. The number of carbonyl (C=O) groups excluding carboxylic acids is 1. The third kappa shape index (κ3) is 2.96. The minimum atomic E-state index is 0.168. The van der Waals surface area contributed by atoms with Gasteiger partial charge in [-0.2, -0.15) is 0 Å². The van der Waals surface area contributed by atoms with Crippen molar-refractivity contribution in [3.63, 3.8) is 0 Å². The van der Waals surface area contributed by atoms with Gasteiger partial charge in [0, 0.05) is 18.6 Å². The van der Waals surface area contributed by atoms with Crippen LogP contribution in [-0.2, 0) is 4.79 Å². The lowest BCUT2D eigenvalue weighted by molar-refractivity contribution is -0.122. The van der Waals surface area contributed by atoms with Gasteiger partial charge < -0.3 is 11.1 Å². The highest BCUT2D eigenvalue weighted by molar-refractivity contribution is 5.78. The van der Waals surface area contributed by atoms with Crippen molar-refractivity contribution in [2.45, 2.75) is 37.8 Å². The fourth-order valence-corrected chi connectivity index (χ4v) is 1.94. The first-order valence-electron chi connectivity index (χ1n) is 5.51. The molecule has 3 N–H and O–H groups in total. The molecule has 0 aromatic rings. The Morgan fingerprint density at radius 3 is 2.86 bits per heavy atom. The minimum Gasteiger partial charge on any atom is -0.352 e. The Morgan fingerprint density at radius 2 is 2.21 bits per heavy atom. The lowest BCUT2D eigenvalue weighted by Crippen LogP contribution is -2.47. The quantitative estimate of drug-likeness (QED) is 0.652. The normalized spacial score (nSPS) is 28.8. The van der Waals surface area contributed by atoms with Gasteiger partial charge in [0.25, 0.3) is 0 Å². The molecule has 80 valence electrons. The summed E-state index contributed by atoms with van der Waals surface area (Å²) in [6.07, 6.45) is 4.54. The Balaban J connectivity index is 1.69. The number of nitrogens with two attached hydrogens (primary N) is 1. The molecule has 1 atom stereocenters. The van der Waals surface area contributed by atoms with Crippen LogP contribution in [0.15, 0.2) is 0 Å². The van der Waals surface area contributed by atoms with Crippen LogP contribution >= 0.6 is 0 Å². The van der Waals surface area contributed by atoms with Crippen LogP contribution in [0.2, 0.25) is 0 Å². The number of rotatable bonds is 3. The number of carbonyl (C=O) groups is 1. The van der Waals surface area contributed by atoms with Gasteiger partial charge in [-0.25, -0.2) is 0 Å². The number of likely N-dealkylation sites (tertiary alicyclic amines) is 1. The third-order valence-electron chi connectivity index (χ3n) is 2.85. The maximum absolute atomic E-state index is 11.5. The summed E-state index contributed by atoms with van der Waals surface area (Å²) >= 11 is 0. The van der Waals surface area contributed by atoms with Crippen LogP contribution in [0.5, 0.6) is 0 Å². The summed E-state index contributed by atoms with van der Waals surface area (Å²) in [5.74, 6) is 0.168. The third-order valence-corrected chi connectivity index (χ3v) is 2.85. The molecule has 1 saturated heterocycles. The molecule has 1 unspecified atom stereocenters. The summed E-state index contributed by atoms with van der Waals surface area (Å²) in [4.78, 5) is 13.6. The second kappa shape index (κ2) is 4.28. The van der Waals surface area contributed by atoms with Crippen LogP contribution in [0.3, 0.4) is 0 Å². The average molecular weight is 197 g/mol. The lowest BCUT2D eigenvalue weighted by atomic mass is 10.1. The second-order valence-electron chi connectivity index (χ2n) is 4.48. The van der Waals surface area contributed by atoms with Crippen molar-refractivity contribution in [2.24, 2.45) is 5.73 Å². The molecule has 1 amide bonds. The molecule has 1 saturated carbocycles. The Kier molecular flexibility index (Phi) is 3.03.